The summed E-state index contributed by atoms with van der Waals surface area (Å²) in [6.07, 6.45) is 0. The first kappa shape index (κ1) is 12.8. The molecule has 0 spiro atoms. The van der Waals surface area contributed by atoms with E-state index in [0.29, 0.717) is 12.3 Å². The lowest BCUT2D eigenvalue weighted by Crippen LogP contribution is -2.39. The Labute approximate surface area is 84.8 Å². The predicted molar refractivity (Wildman–Crippen MR) is 58.9 cm³/mol. The molecule has 0 saturated heterocycles. The second kappa shape index (κ2) is 5.50. The molecular formula is C9H20N2OS. The Hall–Kier alpha value is -0.220. The van der Waals surface area contributed by atoms with Crippen LogP contribution in [-0.4, -0.2) is 29.0 Å². The Balaban J connectivity index is 3.64. The van der Waals surface area contributed by atoms with Crippen molar-refractivity contribution in [2.45, 2.75) is 38.5 Å². The van der Waals surface area contributed by atoms with Gasteiger partial charge in [0.15, 0.2) is 0 Å². The molecule has 0 aromatic heterocycles. The smallest absolute Gasteiger partial charge is 0.230 e. The molecule has 0 aromatic carbocycles. The zero-order valence-corrected chi connectivity index (χ0v) is 9.70. The third-order valence-electron chi connectivity index (χ3n) is 1.40. The second-order valence-electron chi connectivity index (χ2n) is 4.11. The Bertz CT molecular complexity index is 165. The van der Waals surface area contributed by atoms with E-state index in [1.54, 1.807) is 11.8 Å². The molecule has 0 aliphatic rings. The zero-order chi connectivity index (χ0) is 10.5. The number of nitrogens with two attached hydrogens (primary N) is 1. The molecule has 78 valence electrons. The summed E-state index contributed by atoms with van der Waals surface area (Å²) in [5.41, 5.74) is 5.38. The highest BCUT2D eigenvalue weighted by molar-refractivity contribution is 8.01. The summed E-state index contributed by atoms with van der Waals surface area (Å²) in [4.78, 5) is 11.3. The standard InChI is InChI=1S/C9H20N2OS/c1-7(5-10)11-8(12)6-13-9(2,3)4/h7H,5-6,10H2,1-4H3,(H,11,12)/t7-/m1/s1. The van der Waals surface area contributed by atoms with Crippen LogP contribution in [0.5, 0.6) is 0 Å². The molecule has 0 aliphatic heterocycles. The molecule has 1 atom stereocenters. The van der Waals surface area contributed by atoms with E-state index in [0.717, 1.165) is 0 Å². The van der Waals surface area contributed by atoms with Gasteiger partial charge in [-0.25, -0.2) is 0 Å². The molecule has 0 saturated carbocycles. The van der Waals surface area contributed by atoms with Crippen LogP contribution in [0.4, 0.5) is 0 Å². The van der Waals surface area contributed by atoms with Gasteiger partial charge in [0.1, 0.15) is 0 Å². The van der Waals surface area contributed by atoms with Crippen molar-refractivity contribution in [1.29, 1.82) is 0 Å². The molecule has 1 amide bonds. The van der Waals surface area contributed by atoms with Gasteiger partial charge in [0.25, 0.3) is 0 Å². The van der Waals surface area contributed by atoms with Crippen LogP contribution in [-0.2, 0) is 4.79 Å². The largest absolute Gasteiger partial charge is 0.352 e. The topological polar surface area (TPSA) is 55.1 Å². The molecule has 0 aliphatic carbocycles. The molecule has 3 N–H and O–H groups in total. The zero-order valence-electron chi connectivity index (χ0n) is 8.89. The number of hydrogen-bond donors (Lipinski definition) is 2. The summed E-state index contributed by atoms with van der Waals surface area (Å²) in [6.45, 7) is 8.68. The Kier molecular flexibility index (Phi) is 5.40. The van der Waals surface area contributed by atoms with Gasteiger partial charge in [0.05, 0.1) is 5.75 Å². The first-order chi connectivity index (χ1) is 5.85. The number of thioether (sulfide) groups is 1. The van der Waals surface area contributed by atoms with Gasteiger partial charge in [-0.05, 0) is 6.92 Å². The van der Waals surface area contributed by atoms with Gasteiger partial charge in [0.2, 0.25) is 5.91 Å². The van der Waals surface area contributed by atoms with Gasteiger partial charge in [-0.15, -0.1) is 11.8 Å². The van der Waals surface area contributed by atoms with Crippen molar-refractivity contribution in [3.05, 3.63) is 0 Å². The van der Waals surface area contributed by atoms with Gasteiger partial charge < -0.3 is 11.1 Å². The lowest BCUT2D eigenvalue weighted by atomic mass is 10.3. The monoisotopic (exact) mass is 204 g/mol. The van der Waals surface area contributed by atoms with E-state index in [-0.39, 0.29) is 16.7 Å². The summed E-state index contributed by atoms with van der Waals surface area (Å²) >= 11 is 1.64. The number of amides is 1. The number of nitrogens with one attached hydrogen (secondary N) is 1. The highest BCUT2D eigenvalue weighted by atomic mass is 32.2. The maximum Gasteiger partial charge on any atom is 0.230 e. The summed E-state index contributed by atoms with van der Waals surface area (Å²) in [5.74, 6) is 0.575. The number of rotatable bonds is 4. The maximum atomic E-state index is 11.3. The SMILES string of the molecule is C[C@H](CN)NC(=O)CSC(C)(C)C. The summed E-state index contributed by atoms with van der Waals surface area (Å²) in [6, 6.07) is 0.0769. The highest BCUT2D eigenvalue weighted by Crippen LogP contribution is 2.22. The number of carbonyl (C=O) groups excluding carboxylic acids is 1. The molecule has 0 rings (SSSR count). The lowest BCUT2D eigenvalue weighted by Gasteiger charge is -2.18. The third-order valence-corrected chi connectivity index (χ3v) is 2.67. The van der Waals surface area contributed by atoms with Gasteiger partial charge >= 0.3 is 0 Å². The highest BCUT2D eigenvalue weighted by Gasteiger charge is 2.13. The van der Waals surface area contributed by atoms with Crippen LogP contribution in [0.3, 0.4) is 0 Å². The van der Waals surface area contributed by atoms with E-state index in [1.165, 1.54) is 0 Å². The van der Waals surface area contributed by atoms with Crippen LogP contribution >= 0.6 is 11.8 Å². The van der Waals surface area contributed by atoms with Crippen LogP contribution in [0.2, 0.25) is 0 Å². The molecular weight excluding hydrogens is 184 g/mol. The lowest BCUT2D eigenvalue weighted by molar-refractivity contribution is -0.119. The van der Waals surface area contributed by atoms with E-state index < -0.39 is 0 Å². The first-order valence-corrected chi connectivity index (χ1v) is 5.47. The van der Waals surface area contributed by atoms with Crippen molar-refractivity contribution >= 4 is 17.7 Å². The summed E-state index contributed by atoms with van der Waals surface area (Å²) in [7, 11) is 0. The van der Waals surface area contributed by atoms with E-state index in [1.807, 2.05) is 6.92 Å². The molecule has 3 nitrogen and oxygen atoms in total. The Morgan fingerprint density at radius 3 is 2.46 bits per heavy atom. The average molecular weight is 204 g/mol. The number of hydrogen-bond acceptors (Lipinski definition) is 3. The van der Waals surface area contributed by atoms with Gasteiger partial charge in [0, 0.05) is 17.3 Å². The van der Waals surface area contributed by atoms with Crippen LogP contribution < -0.4 is 11.1 Å². The first-order valence-electron chi connectivity index (χ1n) is 4.48. The van der Waals surface area contributed by atoms with Gasteiger partial charge in [-0.3, -0.25) is 4.79 Å². The van der Waals surface area contributed by atoms with Crippen molar-refractivity contribution in [3.8, 4) is 0 Å². The molecule has 4 heteroatoms. The van der Waals surface area contributed by atoms with Crippen LogP contribution in [0.25, 0.3) is 0 Å². The fourth-order valence-electron chi connectivity index (χ4n) is 0.657. The normalized spacial score (nSPS) is 13.9. The molecule has 0 radical (unpaired) electrons. The molecule has 13 heavy (non-hydrogen) atoms. The molecule has 0 aromatic rings. The maximum absolute atomic E-state index is 11.3. The quantitative estimate of drug-likeness (QED) is 0.718. The van der Waals surface area contributed by atoms with Crippen molar-refractivity contribution in [1.82, 2.24) is 5.32 Å². The second-order valence-corrected chi connectivity index (χ2v) is 5.91. The third kappa shape index (κ3) is 8.12. The van der Waals surface area contributed by atoms with Gasteiger partial charge in [-0.2, -0.15) is 0 Å². The summed E-state index contributed by atoms with van der Waals surface area (Å²) < 4.78 is 0.142. The Morgan fingerprint density at radius 2 is 2.08 bits per heavy atom. The van der Waals surface area contributed by atoms with Crippen LogP contribution in [0.1, 0.15) is 27.7 Å². The van der Waals surface area contributed by atoms with Crippen molar-refractivity contribution in [2.24, 2.45) is 5.73 Å². The number of carbonyl (C=O) groups is 1. The minimum Gasteiger partial charge on any atom is -0.352 e. The van der Waals surface area contributed by atoms with E-state index >= 15 is 0 Å². The van der Waals surface area contributed by atoms with Crippen molar-refractivity contribution in [2.75, 3.05) is 12.3 Å². The fraction of sp³-hybridized carbons (Fsp3) is 0.889. The van der Waals surface area contributed by atoms with Crippen LogP contribution in [0.15, 0.2) is 0 Å². The average Bonchev–Trinajstić information content (AvgIpc) is 1.99. The van der Waals surface area contributed by atoms with Crippen LogP contribution in [0, 0.1) is 0 Å². The van der Waals surface area contributed by atoms with Crippen molar-refractivity contribution in [3.63, 3.8) is 0 Å². The molecule has 0 heterocycles. The minimum absolute atomic E-state index is 0.0675. The molecule has 0 bridgehead atoms. The molecule has 0 fully saturated rings. The predicted octanol–water partition coefficient (Wildman–Crippen LogP) is 0.981. The Morgan fingerprint density at radius 1 is 1.54 bits per heavy atom. The fourth-order valence-corrected chi connectivity index (χ4v) is 1.30. The van der Waals surface area contributed by atoms with E-state index in [4.69, 9.17) is 5.73 Å². The van der Waals surface area contributed by atoms with E-state index in [9.17, 15) is 4.79 Å². The minimum atomic E-state index is 0.0675. The summed E-state index contributed by atoms with van der Waals surface area (Å²) in [5, 5.41) is 2.82. The van der Waals surface area contributed by atoms with E-state index in [2.05, 4.69) is 26.1 Å². The molecule has 0 unspecified atom stereocenters. The van der Waals surface area contributed by atoms with Crippen molar-refractivity contribution < 1.29 is 4.79 Å². The van der Waals surface area contributed by atoms with Gasteiger partial charge in [-0.1, -0.05) is 20.8 Å².